The summed E-state index contributed by atoms with van der Waals surface area (Å²) in [6, 6.07) is 4.07. The van der Waals surface area contributed by atoms with Gasteiger partial charge in [0.05, 0.1) is 12.2 Å². The minimum Gasteiger partial charge on any atom is -0.480 e. The Morgan fingerprint density at radius 3 is 2.42 bits per heavy atom. The molecule has 5 nitrogen and oxygen atoms in total. The fraction of sp³-hybridized carbons (Fsp3) is 0.579. The number of carbonyl (C=O) groups excluding carboxylic acids is 1. The standard InChI is InChI=1S/C19H24O5/c1-11-6-12(2)14(13(3)7-11)8-17(20)19(18(21)22)5-4-15-16(9-19)24-10-23-15/h6-7,15-16H,4-5,8-10H2,1-3H3,(H,21,22). The maximum absolute atomic E-state index is 13.0. The first-order valence-electron chi connectivity index (χ1n) is 8.40. The van der Waals surface area contributed by atoms with Gasteiger partial charge in [0, 0.05) is 6.42 Å². The van der Waals surface area contributed by atoms with Crippen molar-refractivity contribution in [1.82, 2.24) is 0 Å². The molecule has 24 heavy (non-hydrogen) atoms. The van der Waals surface area contributed by atoms with E-state index in [1.165, 1.54) is 0 Å². The first-order chi connectivity index (χ1) is 11.3. The van der Waals surface area contributed by atoms with Crippen LogP contribution in [-0.2, 0) is 25.5 Å². The molecule has 1 aromatic carbocycles. The van der Waals surface area contributed by atoms with E-state index in [1.54, 1.807) is 0 Å². The van der Waals surface area contributed by atoms with E-state index < -0.39 is 11.4 Å². The van der Waals surface area contributed by atoms with Gasteiger partial charge in [0.25, 0.3) is 0 Å². The van der Waals surface area contributed by atoms with Crippen molar-refractivity contribution in [3.8, 4) is 0 Å². The van der Waals surface area contributed by atoms with Gasteiger partial charge >= 0.3 is 5.97 Å². The van der Waals surface area contributed by atoms with Crippen LogP contribution in [0.2, 0.25) is 0 Å². The smallest absolute Gasteiger partial charge is 0.317 e. The molecule has 3 unspecified atom stereocenters. The zero-order valence-electron chi connectivity index (χ0n) is 14.4. The molecule has 1 saturated carbocycles. The SMILES string of the molecule is Cc1cc(C)c(CC(=O)C2(C(=O)O)CCC3OCOC3C2)c(C)c1. The molecule has 0 spiro atoms. The normalized spacial score (nSPS) is 29.3. The van der Waals surface area contributed by atoms with Crippen LogP contribution in [-0.4, -0.2) is 35.9 Å². The molecule has 0 radical (unpaired) electrons. The van der Waals surface area contributed by atoms with Gasteiger partial charge in [0.15, 0.2) is 5.78 Å². The van der Waals surface area contributed by atoms with Crippen LogP contribution in [0.25, 0.3) is 0 Å². The summed E-state index contributed by atoms with van der Waals surface area (Å²) >= 11 is 0. The predicted molar refractivity (Wildman–Crippen MR) is 87.9 cm³/mol. The Bertz CT molecular complexity index is 657. The summed E-state index contributed by atoms with van der Waals surface area (Å²) in [6.07, 6.45) is 0.856. The number of hydrogen-bond acceptors (Lipinski definition) is 4. The van der Waals surface area contributed by atoms with Gasteiger partial charge in [-0.25, -0.2) is 0 Å². The van der Waals surface area contributed by atoms with Crippen molar-refractivity contribution in [3.05, 3.63) is 34.4 Å². The second kappa shape index (κ2) is 6.30. The van der Waals surface area contributed by atoms with Gasteiger partial charge in [-0.3, -0.25) is 9.59 Å². The Hall–Kier alpha value is -1.72. The number of carboxylic acid groups (broad SMARTS) is 1. The third kappa shape index (κ3) is 2.87. The van der Waals surface area contributed by atoms with E-state index in [0.29, 0.717) is 12.8 Å². The van der Waals surface area contributed by atoms with E-state index in [4.69, 9.17) is 9.47 Å². The maximum atomic E-state index is 13.0. The van der Waals surface area contributed by atoms with E-state index in [0.717, 1.165) is 22.3 Å². The molecule has 3 rings (SSSR count). The lowest BCUT2D eigenvalue weighted by Gasteiger charge is -2.36. The summed E-state index contributed by atoms with van der Waals surface area (Å²) in [7, 11) is 0. The van der Waals surface area contributed by atoms with Crippen molar-refractivity contribution in [2.24, 2.45) is 5.41 Å². The lowest BCUT2D eigenvalue weighted by atomic mass is 9.67. The first kappa shape index (κ1) is 17.1. The van der Waals surface area contributed by atoms with Gasteiger partial charge in [-0.15, -0.1) is 0 Å². The van der Waals surface area contributed by atoms with Gasteiger partial charge in [0.1, 0.15) is 12.2 Å². The van der Waals surface area contributed by atoms with E-state index in [2.05, 4.69) is 0 Å². The van der Waals surface area contributed by atoms with Crippen LogP contribution in [0.5, 0.6) is 0 Å². The van der Waals surface area contributed by atoms with Crippen LogP contribution in [0.1, 0.15) is 41.5 Å². The zero-order chi connectivity index (χ0) is 17.5. The number of aryl methyl sites for hydroxylation is 3. The zero-order valence-corrected chi connectivity index (χ0v) is 14.4. The number of fused-ring (bicyclic) bond motifs is 1. The molecule has 1 saturated heterocycles. The molecule has 0 bridgehead atoms. The molecule has 1 aliphatic heterocycles. The molecular formula is C19H24O5. The number of aliphatic carboxylic acids is 1. The third-order valence-electron chi connectivity index (χ3n) is 5.51. The van der Waals surface area contributed by atoms with E-state index >= 15 is 0 Å². The third-order valence-corrected chi connectivity index (χ3v) is 5.51. The van der Waals surface area contributed by atoms with E-state index in [9.17, 15) is 14.7 Å². The van der Waals surface area contributed by atoms with Crippen molar-refractivity contribution >= 4 is 11.8 Å². The number of Topliss-reactive ketones (excluding diaryl/α,β-unsaturated/α-hetero) is 1. The molecule has 1 heterocycles. The minimum absolute atomic E-state index is 0.0758. The maximum Gasteiger partial charge on any atom is 0.317 e. The molecule has 2 aliphatic rings. The molecular weight excluding hydrogens is 308 g/mol. The first-order valence-corrected chi connectivity index (χ1v) is 8.40. The van der Waals surface area contributed by atoms with Gasteiger partial charge < -0.3 is 14.6 Å². The number of rotatable bonds is 4. The summed E-state index contributed by atoms with van der Waals surface area (Å²) in [5.74, 6) is -1.26. The highest BCUT2D eigenvalue weighted by Gasteiger charge is 2.53. The second-order valence-corrected chi connectivity index (χ2v) is 7.14. The molecule has 1 aromatic rings. The number of ketones is 1. The average molecular weight is 332 g/mol. The molecule has 5 heteroatoms. The monoisotopic (exact) mass is 332 g/mol. The summed E-state index contributed by atoms with van der Waals surface area (Å²) in [5.41, 5.74) is 2.80. The summed E-state index contributed by atoms with van der Waals surface area (Å²) in [4.78, 5) is 25.0. The van der Waals surface area contributed by atoms with Crippen molar-refractivity contribution in [2.45, 2.75) is 58.7 Å². The van der Waals surface area contributed by atoms with Crippen LogP contribution >= 0.6 is 0 Å². The molecule has 1 aliphatic carbocycles. The van der Waals surface area contributed by atoms with Crippen LogP contribution in [0.3, 0.4) is 0 Å². The average Bonchev–Trinajstić information content (AvgIpc) is 2.97. The van der Waals surface area contributed by atoms with Gasteiger partial charge in [-0.2, -0.15) is 0 Å². The highest BCUT2D eigenvalue weighted by Crippen LogP contribution is 2.42. The van der Waals surface area contributed by atoms with Crippen molar-refractivity contribution in [1.29, 1.82) is 0 Å². The quantitative estimate of drug-likeness (QED) is 0.858. The summed E-state index contributed by atoms with van der Waals surface area (Å²) in [5, 5.41) is 9.82. The summed E-state index contributed by atoms with van der Waals surface area (Å²) in [6.45, 7) is 6.15. The van der Waals surface area contributed by atoms with Crippen molar-refractivity contribution in [2.75, 3.05) is 6.79 Å². The lowest BCUT2D eigenvalue weighted by molar-refractivity contribution is -0.160. The molecule has 0 aromatic heterocycles. The minimum atomic E-state index is -1.36. The van der Waals surface area contributed by atoms with Crippen molar-refractivity contribution in [3.63, 3.8) is 0 Å². The predicted octanol–water partition coefficient (Wildman–Crippen LogP) is 2.72. The molecule has 3 atom stereocenters. The molecule has 1 N–H and O–H groups in total. The lowest BCUT2D eigenvalue weighted by Crippen LogP contribution is -2.49. The molecule has 2 fully saturated rings. The van der Waals surface area contributed by atoms with E-state index in [1.807, 2.05) is 32.9 Å². The Morgan fingerprint density at radius 1 is 1.17 bits per heavy atom. The number of carbonyl (C=O) groups is 2. The molecule has 0 amide bonds. The van der Waals surface area contributed by atoms with Crippen LogP contribution in [0, 0.1) is 26.2 Å². The molecule has 130 valence electrons. The van der Waals surface area contributed by atoms with Crippen LogP contribution in [0.15, 0.2) is 12.1 Å². The number of hydrogen-bond donors (Lipinski definition) is 1. The Kier molecular flexibility index (Phi) is 4.49. The van der Waals surface area contributed by atoms with Crippen LogP contribution in [0.4, 0.5) is 0 Å². The highest BCUT2D eigenvalue weighted by atomic mass is 16.7. The second-order valence-electron chi connectivity index (χ2n) is 7.14. The largest absolute Gasteiger partial charge is 0.480 e. The Labute approximate surface area is 142 Å². The van der Waals surface area contributed by atoms with Gasteiger partial charge in [-0.05, 0) is 56.7 Å². The number of carboxylic acids is 1. The Morgan fingerprint density at radius 2 is 1.79 bits per heavy atom. The fourth-order valence-corrected chi connectivity index (χ4v) is 4.11. The number of benzene rings is 1. The van der Waals surface area contributed by atoms with Crippen LogP contribution < -0.4 is 0 Å². The van der Waals surface area contributed by atoms with E-state index in [-0.39, 0.29) is 37.6 Å². The topological polar surface area (TPSA) is 72.8 Å². The van der Waals surface area contributed by atoms with Crippen molar-refractivity contribution < 1.29 is 24.2 Å². The Balaban J connectivity index is 1.87. The van der Waals surface area contributed by atoms with Gasteiger partial charge in [-0.1, -0.05) is 17.7 Å². The number of ether oxygens (including phenoxy) is 2. The van der Waals surface area contributed by atoms with Gasteiger partial charge in [0.2, 0.25) is 0 Å². The summed E-state index contributed by atoms with van der Waals surface area (Å²) < 4.78 is 10.9. The fourth-order valence-electron chi connectivity index (χ4n) is 4.11. The highest BCUT2D eigenvalue weighted by molar-refractivity contribution is 6.04.